The van der Waals surface area contributed by atoms with Crippen LogP contribution in [0.3, 0.4) is 0 Å². The van der Waals surface area contributed by atoms with Crippen molar-refractivity contribution in [1.29, 1.82) is 0 Å². The maximum atomic E-state index is 6.01. The maximum Gasteiger partial charge on any atom is 0.0406 e. The fourth-order valence-electron chi connectivity index (χ4n) is 2.42. The van der Waals surface area contributed by atoms with Gasteiger partial charge < -0.3 is 0 Å². The van der Waals surface area contributed by atoms with Gasteiger partial charge in [0, 0.05) is 21.4 Å². The zero-order chi connectivity index (χ0) is 17.6. The number of hydrogen-bond donors (Lipinski definition) is 0. The van der Waals surface area contributed by atoms with Crippen molar-refractivity contribution >= 4 is 41.0 Å². The smallest absolute Gasteiger partial charge is 0.0406 e. The summed E-state index contributed by atoms with van der Waals surface area (Å²) in [5.74, 6) is 0. The average Bonchev–Trinajstić information content (AvgIpc) is 2.61. The molecular formula is C22H18Cl2S. The van der Waals surface area contributed by atoms with Gasteiger partial charge in [0.2, 0.25) is 0 Å². The molecule has 0 aromatic heterocycles. The minimum atomic E-state index is 0.752. The van der Waals surface area contributed by atoms with Crippen molar-refractivity contribution in [2.24, 2.45) is 0 Å². The summed E-state index contributed by atoms with van der Waals surface area (Å²) in [7, 11) is 0. The second-order valence-electron chi connectivity index (χ2n) is 5.88. The minimum absolute atomic E-state index is 0.752. The van der Waals surface area contributed by atoms with E-state index in [1.54, 1.807) is 11.8 Å². The number of hydrogen-bond acceptors (Lipinski definition) is 1. The van der Waals surface area contributed by atoms with E-state index in [-0.39, 0.29) is 0 Å². The summed E-state index contributed by atoms with van der Waals surface area (Å²) in [4.78, 5) is 2.51. The maximum absolute atomic E-state index is 6.01. The van der Waals surface area contributed by atoms with Gasteiger partial charge in [-0.3, -0.25) is 0 Å². The molecule has 3 heteroatoms. The molecule has 0 unspecified atom stereocenters. The summed E-state index contributed by atoms with van der Waals surface area (Å²) < 4.78 is 0. The van der Waals surface area contributed by atoms with Crippen molar-refractivity contribution in [3.63, 3.8) is 0 Å². The Kier molecular flexibility index (Phi) is 6.25. The molecule has 0 nitrogen and oxygen atoms in total. The molecule has 3 rings (SSSR count). The molecular weight excluding hydrogens is 367 g/mol. The van der Waals surface area contributed by atoms with Gasteiger partial charge in [-0.1, -0.05) is 76.9 Å². The largest absolute Gasteiger partial charge is 0.0942 e. The van der Waals surface area contributed by atoms with Crippen LogP contribution in [-0.4, -0.2) is 0 Å². The standard InChI is InChI=1S/C22H18Cl2S/c1-16-2-12-21(13-3-16)25-22(14-17-4-8-19(23)9-5-17)15-18-6-10-20(24)11-7-18/h2-14H,15H2,1H3. The lowest BCUT2D eigenvalue weighted by molar-refractivity contribution is 1.25. The molecule has 0 aliphatic carbocycles. The van der Waals surface area contributed by atoms with Crippen LogP contribution in [0, 0.1) is 6.92 Å². The average molecular weight is 385 g/mol. The first-order valence-electron chi connectivity index (χ1n) is 8.03. The zero-order valence-electron chi connectivity index (χ0n) is 13.9. The van der Waals surface area contributed by atoms with Crippen molar-refractivity contribution < 1.29 is 0 Å². The van der Waals surface area contributed by atoms with Gasteiger partial charge >= 0.3 is 0 Å². The van der Waals surface area contributed by atoms with E-state index in [2.05, 4.69) is 49.4 Å². The third-order valence-corrected chi connectivity index (χ3v) is 5.30. The van der Waals surface area contributed by atoms with Crippen molar-refractivity contribution in [1.82, 2.24) is 0 Å². The van der Waals surface area contributed by atoms with Gasteiger partial charge in [0.25, 0.3) is 0 Å². The third-order valence-electron chi connectivity index (χ3n) is 3.76. The molecule has 0 spiro atoms. The molecule has 0 atom stereocenters. The molecule has 0 fully saturated rings. The number of benzene rings is 3. The highest BCUT2D eigenvalue weighted by molar-refractivity contribution is 8.03. The molecule has 25 heavy (non-hydrogen) atoms. The van der Waals surface area contributed by atoms with Gasteiger partial charge in [0.15, 0.2) is 0 Å². The first-order valence-corrected chi connectivity index (χ1v) is 9.61. The Labute approximate surface area is 163 Å². The summed E-state index contributed by atoms with van der Waals surface area (Å²) >= 11 is 13.8. The first-order chi connectivity index (χ1) is 12.1. The lowest BCUT2D eigenvalue weighted by Crippen LogP contribution is -1.88. The molecule has 0 N–H and O–H groups in total. The Bertz CT molecular complexity index is 799. The second kappa shape index (κ2) is 8.62. The fourth-order valence-corrected chi connectivity index (χ4v) is 3.68. The molecule has 0 radical (unpaired) electrons. The van der Waals surface area contributed by atoms with Crippen molar-refractivity contribution in [3.05, 3.63) is 104 Å². The van der Waals surface area contributed by atoms with Crippen LogP contribution in [0.15, 0.2) is 82.6 Å². The van der Waals surface area contributed by atoms with Gasteiger partial charge in [-0.15, -0.1) is 0 Å². The van der Waals surface area contributed by atoms with E-state index in [1.165, 1.54) is 20.9 Å². The summed E-state index contributed by atoms with van der Waals surface area (Å²) in [6.07, 6.45) is 3.08. The lowest BCUT2D eigenvalue weighted by Gasteiger charge is -2.09. The molecule has 0 aliphatic rings. The van der Waals surface area contributed by atoms with E-state index >= 15 is 0 Å². The second-order valence-corrected chi connectivity index (χ2v) is 7.95. The number of aryl methyl sites for hydroxylation is 1. The van der Waals surface area contributed by atoms with Gasteiger partial charge in [-0.2, -0.15) is 0 Å². The Morgan fingerprint density at radius 3 is 1.96 bits per heavy atom. The quantitative estimate of drug-likeness (QED) is 0.406. The Balaban J connectivity index is 1.87. The molecule has 0 bridgehead atoms. The molecule has 0 aliphatic heterocycles. The normalized spacial score (nSPS) is 11.6. The van der Waals surface area contributed by atoms with Crippen LogP contribution >= 0.6 is 35.0 Å². The Morgan fingerprint density at radius 1 is 0.800 bits per heavy atom. The minimum Gasteiger partial charge on any atom is -0.0942 e. The van der Waals surface area contributed by atoms with Crippen LogP contribution in [0.4, 0.5) is 0 Å². The van der Waals surface area contributed by atoms with Crippen molar-refractivity contribution in [2.75, 3.05) is 0 Å². The highest BCUT2D eigenvalue weighted by atomic mass is 35.5. The monoisotopic (exact) mass is 384 g/mol. The SMILES string of the molecule is Cc1ccc(SC(=Cc2ccc(Cl)cc2)Cc2ccc(Cl)cc2)cc1. The van der Waals surface area contributed by atoms with E-state index in [0.29, 0.717) is 0 Å². The molecule has 0 saturated heterocycles. The van der Waals surface area contributed by atoms with Crippen LogP contribution < -0.4 is 0 Å². The van der Waals surface area contributed by atoms with Crippen LogP contribution in [0.25, 0.3) is 6.08 Å². The topological polar surface area (TPSA) is 0 Å². The highest BCUT2D eigenvalue weighted by Crippen LogP contribution is 2.31. The predicted octanol–water partition coefficient (Wildman–Crippen LogP) is 7.68. The molecule has 3 aromatic rings. The Morgan fingerprint density at radius 2 is 1.36 bits per heavy atom. The van der Waals surface area contributed by atoms with Crippen molar-refractivity contribution in [3.8, 4) is 0 Å². The summed E-state index contributed by atoms with van der Waals surface area (Å²) in [5, 5.41) is 1.51. The van der Waals surface area contributed by atoms with E-state index < -0.39 is 0 Å². The Hall–Kier alpha value is -1.67. The number of allylic oxidation sites excluding steroid dienone is 1. The number of halogens is 2. The van der Waals surface area contributed by atoms with Crippen LogP contribution in [-0.2, 0) is 6.42 Å². The molecule has 0 amide bonds. The lowest BCUT2D eigenvalue weighted by atomic mass is 10.1. The molecule has 3 aromatic carbocycles. The van der Waals surface area contributed by atoms with Gasteiger partial charge in [0.1, 0.15) is 0 Å². The predicted molar refractivity (Wildman–Crippen MR) is 112 cm³/mol. The number of rotatable bonds is 5. The van der Waals surface area contributed by atoms with Crippen LogP contribution in [0.5, 0.6) is 0 Å². The highest BCUT2D eigenvalue weighted by Gasteiger charge is 2.05. The zero-order valence-corrected chi connectivity index (χ0v) is 16.2. The van der Waals surface area contributed by atoms with E-state index in [9.17, 15) is 0 Å². The van der Waals surface area contributed by atoms with E-state index in [1.807, 2.05) is 36.4 Å². The summed E-state index contributed by atoms with van der Waals surface area (Å²) in [6.45, 7) is 2.10. The molecule has 126 valence electrons. The van der Waals surface area contributed by atoms with E-state index in [4.69, 9.17) is 23.2 Å². The van der Waals surface area contributed by atoms with Gasteiger partial charge in [0.05, 0.1) is 0 Å². The van der Waals surface area contributed by atoms with Gasteiger partial charge in [-0.25, -0.2) is 0 Å². The van der Waals surface area contributed by atoms with Crippen LogP contribution in [0.1, 0.15) is 16.7 Å². The number of thioether (sulfide) groups is 1. The first kappa shape index (κ1) is 18.1. The summed E-state index contributed by atoms with van der Waals surface area (Å²) in [5.41, 5.74) is 3.66. The van der Waals surface area contributed by atoms with Gasteiger partial charge in [-0.05, 0) is 65.4 Å². The van der Waals surface area contributed by atoms with Crippen molar-refractivity contribution in [2.45, 2.75) is 18.2 Å². The fraction of sp³-hybridized carbons (Fsp3) is 0.0909. The van der Waals surface area contributed by atoms with E-state index in [0.717, 1.165) is 22.0 Å². The molecule has 0 heterocycles. The third kappa shape index (κ3) is 5.67. The summed E-state index contributed by atoms with van der Waals surface area (Å²) in [6, 6.07) is 24.6. The molecule has 0 saturated carbocycles. The van der Waals surface area contributed by atoms with Crippen LogP contribution in [0.2, 0.25) is 10.0 Å².